The van der Waals surface area contributed by atoms with Crippen molar-refractivity contribution in [1.82, 2.24) is 10.2 Å². The highest BCUT2D eigenvalue weighted by atomic mass is 32.2. The summed E-state index contributed by atoms with van der Waals surface area (Å²) in [5.74, 6) is -0.221. The van der Waals surface area contributed by atoms with Crippen molar-refractivity contribution < 1.29 is 27.1 Å². The van der Waals surface area contributed by atoms with E-state index in [1.807, 2.05) is 32.0 Å². The van der Waals surface area contributed by atoms with Gasteiger partial charge in [-0.25, -0.2) is 12.8 Å². The van der Waals surface area contributed by atoms with Crippen molar-refractivity contribution in [2.24, 2.45) is 0 Å². The van der Waals surface area contributed by atoms with Crippen molar-refractivity contribution in [3.05, 3.63) is 90.2 Å². The number of hydrogen-bond acceptors (Lipinski definition) is 5. The fraction of sp³-hybridized carbons (Fsp3) is 0.310. The molecule has 0 aliphatic heterocycles. The van der Waals surface area contributed by atoms with Gasteiger partial charge in [0, 0.05) is 12.6 Å². The minimum atomic E-state index is -3.87. The fourth-order valence-electron chi connectivity index (χ4n) is 4.01. The minimum absolute atomic E-state index is 0.00455. The maximum atomic E-state index is 13.7. The molecular formula is C29H34FN3O5S. The molecule has 0 aliphatic rings. The molecule has 3 aromatic carbocycles. The molecule has 0 fully saturated rings. The summed E-state index contributed by atoms with van der Waals surface area (Å²) in [6.07, 6.45) is 1.32. The van der Waals surface area contributed by atoms with Gasteiger partial charge in [0.05, 0.1) is 11.9 Å². The molecule has 1 atom stereocenters. The van der Waals surface area contributed by atoms with E-state index in [1.165, 1.54) is 29.2 Å². The molecule has 0 aromatic heterocycles. The van der Waals surface area contributed by atoms with Crippen LogP contribution < -0.4 is 14.4 Å². The quantitative estimate of drug-likeness (QED) is 0.349. The largest absolute Gasteiger partial charge is 0.457 e. The average Bonchev–Trinajstić information content (AvgIpc) is 2.88. The molecule has 39 heavy (non-hydrogen) atoms. The number of carbonyl (C=O) groups is 2. The molecule has 0 bridgehead atoms. The average molecular weight is 556 g/mol. The monoisotopic (exact) mass is 555 g/mol. The second-order valence-corrected chi connectivity index (χ2v) is 11.3. The molecule has 3 rings (SSSR count). The summed E-state index contributed by atoms with van der Waals surface area (Å²) in [4.78, 5) is 28.0. The van der Waals surface area contributed by atoms with Gasteiger partial charge in [0.25, 0.3) is 0 Å². The maximum absolute atomic E-state index is 13.7. The molecule has 8 nitrogen and oxygen atoms in total. The molecule has 2 amide bonds. The number of rotatable bonds is 12. The van der Waals surface area contributed by atoms with E-state index in [9.17, 15) is 22.4 Å². The number of amides is 2. The Morgan fingerprint density at radius 3 is 2.05 bits per heavy atom. The molecule has 1 N–H and O–H groups in total. The Balaban J connectivity index is 1.89. The molecule has 208 valence electrons. The molecule has 0 unspecified atom stereocenters. The van der Waals surface area contributed by atoms with Crippen LogP contribution in [0.15, 0.2) is 78.9 Å². The third-order valence-corrected chi connectivity index (χ3v) is 7.01. The predicted molar refractivity (Wildman–Crippen MR) is 149 cm³/mol. The molecule has 0 spiro atoms. The summed E-state index contributed by atoms with van der Waals surface area (Å²) in [7, 11) is -3.87. The van der Waals surface area contributed by atoms with E-state index in [-0.39, 0.29) is 24.2 Å². The number of nitrogens with zero attached hydrogens (tertiary/aromatic N) is 2. The zero-order chi connectivity index (χ0) is 28.6. The van der Waals surface area contributed by atoms with E-state index >= 15 is 0 Å². The molecule has 3 aromatic rings. The number of halogens is 1. The summed E-state index contributed by atoms with van der Waals surface area (Å²) in [6, 6.07) is 20.1. The van der Waals surface area contributed by atoms with E-state index in [2.05, 4.69) is 5.32 Å². The first kappa shape index (κ1) is 29.6. The third kappa shape index (κ3) is 8.54. The predicted octanol–water partition coefficient (Wildman–Crippen LogP) is 4.72. The van der Waals surface area contributed by atoms with E-state index in [0.717, 1.165) is 10.6 Å². The van der Waals surface area contributed by atoms with Gasteiger partial charge in [-0.15, -0.1) is 0 Å². The van der Waals surface area contributed by atoms with Gasteiger partial charge in [-0.05, 0) is 74.4 Å². The highest BCUT2D eigenvalue weighted by Crippen LogP contribution is 2.26. The van der Waals surface area contributed by atoms with E-state index < -0.39 is 34.3 Å². The Kier molecular flexibility index (Phi) is 10.1. The van der Waals surface area contributed by atoms with Crippen molar-refractivity contribution in [2.45, 2.75) is 45.8 Å². The zero-order valence-electron chi connectivity index (χ0n) is 22.5. The highest BCUT2D eigenvalue weighted by molar-refractivity contribution is 7.92. The van der Waals surface area contributed by atoms with Crippen LogP contribution in [0.5, 0.6) is 11.5 Å². The van der Waals surface area contributed by atoms with Crippen molar-refractivity contribution in [2.75, 3.05) is 17.1 Å². The van der Waals surface area contributed by atoms with Crippen LogP contribution in [0, 0.1) is 5.82 Å². The van der Waals surface area contributed by atoms with Gasteiger partial charge in [-0.3, -0.25) is 13.9 Å². The second-order valence-electron chi connectivity index (χ2n) is 9.41. The fourth-order valence-corrected chi connectivity index (χ4v) is 4.86. The lowest BCUT2D eigenvalue weighted by Gasteiger charge is -2.33. The first-order valence-electron chi connectivity index (χ1n) is 12.6. The summed E-state index contributed by atoms with van der Waals surface area (Å²) in [5.41, 5.74) is 0.876. The van der Waals surface area contributed by atoms with Crippen LogP contribution in [0.25, 0.3) is 0 Å². The standard InChI is InChI=1S/C29H34FN3O5S/c1-5-27(29(35)31-21(2)3)32(19-22-11-13-23(30)14-12-22)28(34)20-33(39(4,36)37)24-15-17-26(18-16-24)38-25-9-7-6-8-10-25/h6-18,21,27H,5,19-20H2,1-4H3,(H,31,35)/t27-/m0/s1. The lowest BCUT2D eigenvalue weighted by Crippen LogP contribution is -2.53. The first-order valence-corrected chi connectivity index (χ1v) is 14.5. The van der Waals surface area contributed by atoms with Crippen LogP contribution in [-0.2, 0) is 26.2 Å². The van der Waals surface area contributed by atoms with E-state index in [4.69, 9.17) is 4.74 Å². The smallest absolute Gasteiger partial charge is 0.244 e. The molecule has 10 heteroatoms. The van der Waals surface area contributed by atoms with Crippen LogP contribution in [0.1, 0.15) is 32.8 Å². The van der Waals surface area contributed by atoms with Gasteiger partial charge in [0.2, 0.25) is 21.8 Å². The van der Waals surface area contributed by atoms with Gasteiger partial charge in [0.15, 0.2) is 0 Å². The topological polar surface area (TPSA) is 96.0 Å². The van der Waals surface area contributed by atoms with Crippen molar-refractivity contribution in [3.63, 3.8) is 0 Å². The summed E-state index contributed by atoms with van der Waals surface area (Å²) in [5, 5.41) is 2.83. The number of benzene rings is 3. The van der Waals surface area contributed by atoms with Crippen molar-refractivity contribution in [3.8, 4) is 11.5 Å². The van der Waals surface area contributed by atoms with Crippen molar-refractivity contribution >= 4 is 27.5 Å². The van der Waals surface area contributed by atoms with Crippen LogP contribution in [0.4, 0.5) is 10.1 Å². The number of anilines is 1. The van der Waals surface area contributed by atoms with E-state index in [0.29, 0.717) is 23.5 Å². The van der Waals surface area contributed by atoms with Crippen LogP contribution in [-0.4, -0.2) is 50.0 Å². The summed E-state index contributed by atoms with van der Waals surface area (Å²) >= 11 is 0. The highest BCUT2D eigenvalue weighted by Gasteiger charge is 2.32. The Morgan fingerprint density at radius 2 is 1.51 bits per heavy atom. The second kappa shape index (κ2) is 13.2. The van der Waals surface area contributed by atoms with Crippen molar-refractivity contribution in [1.29, 1.82) is 0 Å². The molecule has 0 aliphatic carbocycles. The number of hydrogen-bond donors (Lipinski definition) is 1. The lowest BCUT2D eigenvalue weighted by molar-refractivity contribution is -0.140. The van der Waals surface area contributed by atoms with E-state index in [1.54, 1.807) is 43.3 Å². The molecule has 0 saturated heterocycles. The third-order valence-electron chi connectivity index (χ3n) is 5.87. The Bertz CT molecular complexity index is 1350. The zero-order valence-corrected chi connectivity index (χ0v) is 23.3. The van der Waals surface area contributed by atoms with Gasteiger partial charge in [0.1, 0.15) is 29.9 Å². The summed E-state index contributed by atoms with van der Waals surface area (Å²) < 4.78 is 45.8. The Morgan fingerprint density at radius 1 is 0.923 bits per heavy atom. The molecule has 0 saturated carbocycles. The Labute approximate surface area is 229 Å². The number of carbonyl (C=O) groups excluding carboxylic acids is 2. The van der Waals surface area contributed by atoms with Crippen LogP contribution in [0.2, 0.25) is 0 Å². The van der Waals surface area contributed by atoms with Gasteiger partial charge < -0.3 is 15.0 Å². The lowest BCUT2D eigenvalue weighted by atomic mass is 10.1. The number of ether oxygens (including phenoxy) is 1. The molecule has 0 heterocycles. The first-order chi connectivity index (χ1) is 18.5. The number of nitrogens with one attached hydrogen (secondary N) is 1. The van der Waals surface area contributed by atoms with Crippen LogP contribution >= 0.6 is 0 Å². The Hall–Kier alpha value is -3.92. The van der Waals surface area contributed by atoms with Gasteiger partial charge in [-0.1, -0.05) is 37.3 Å². The normalized spacial score (nSPS) is 12.1. The number of sulfonamides is 1. The SMILES string of the molecule is CC[C@@H](C(=O)NC(C)C)N(Cc1ccc(F)cc1)C(=O)CN(c1ccc(Oc2ccccc2)cc1)S(C)(=O)=O. The maximum Gasteiger partial charge on any atom is 0.244 e. The van der Waals surface area contributed by atoms with Crippen LogP contribution in [0.3, 0.4) is 0 Å². The minimum Gasteiger partial charge on any atom is -0.457 e. The number of para-hydroxylation sites is 1. The molecular weight excluding hydrogens is 521 g/mol. The van der Waals surface area contributed by atoms with Gasteiger partial charge >= 0.3 is 0 Å². The van der Waals surface area contributed by atoms with Gasteiger partial charge in [-0.2, -0.15) is 0 Å². The molecule has 0 radical (unpaired) electrons. The summed E-state index contributed by atoms with van der Waals surface area (Å²) in [6.45, 7) is 4.88.